The fourth-order valence-corrected chi connectivity index (χ4v) is 3.09. The van der Waals surface area contributed by atoms with Crippen LogP contribution in [0.2, 0.25) is 0 Å². The van der Waals surface area contributed by atoms with Crippen molar-refractivity contribution in [3.05, 3.63) is 29.8 Å². The predicted molar refractivity (Wildman–Crippen MR) is 87.7 cm³/mol. The molecule has 23 heavy (non-hydrogen) atoms. The van der Waals surface area contributed by atoms with Crippen molar-refractivity contribution >= 4 is 6.03 Å². The lowest BCUT2D eigenvalue weighted by Gasteiger charge is -2.32. The summed E-state index contributed by atoms with van der Waals surface area (Å²) < 4.78 is 11.0. The van der Waals surface area contributed by atoms with Crippen molar-refractivity contribution in [2.45, 2.75) is 25.4 Å². The van der Waals surface area contributed by atoms with Crippen LogP contribution in [0.25, 0.3) is 0 Å². The van der Waals surface area contributed by atoms with Gasteiger partial charge in [-0.2, -0.15) is 0 Å². The zero-order chi connectivity index (χ0) is 16.1. The van der Waals surface area contributed by atoms with Gasteiger partial charge < -0.3 is 20.1 Å². The molecule has 1 saturated heterocycles. The van der Waals surface area contributed by atoms with Crippen LogP contribution in [0.15, 0.2) is 24.3 Å². The van der Waals surface area contributed by atoms with Crippen molar-refractivity contribution in [3.8, 4) is 5.75 Å². The number of hydrogen-bond acceptors (Lipinski definition) is 4. The van der Waals surface area contributed by atoms with Crippen LogP contribution in [0.1, 0.15) is 24.9 Å². The van der Waals surface area contributed by atoms with Gasteiger partial charge in [0.1, 0.15) is 5.75 Å². The first kappa shape index (κ1) is 16.1. The summed E-state index contributed by atoms with van der Waals surface area (Å²) in [6.07, 6.45) is 0.795. The summed E-state index contributed by atoms with van der Waals surface area (Å²) in [7, 11) is 0. The van der Waals surface area contributed by atoms with E-state index in [1.54, 1.807) is 0 Å². The monoisotopic (exact) mass is 319 g/mol. The molecule has 126 valence electrons. The van der Waals surface area contributed by atoms with E-state index in [0.717, 1.165) is 44.0 Å². The highest BCUT2D eigenvalue weighted by Gasteiger charge is 2.23. The molecule has 6 nitrogen and oxygen atoms in total. The average Bonchev–Trinajstić information content (AvgIpc) is 2.61. The standard InChI is InChI=1S/C17H25N3O3/c1-13(20-7-10-22-11-8-20)12-18-17(21)19-15-6-9-23-16-5-3-2-4-14(15)16/h2-5,13,15H,6-12H2,1H3,(H2,18,19,21)/t13-,15+/m0/s1. The first-order chi connectivity index (χ1) is 11.2. The van der Waals surface area contributed by atoms with E-state index in [0.29, 0.717) is 19.2 Å². The van der Waals surface area contributed by atoms with E-state index in [4.69, 9.17) is 9.47 Å². The number of para-hydroxylation sites is 1. The third kappa shape index (κ3) is 4.14. The second-order valence-corrected chi connectivity index (χ2v) is 6.08. The SMILES string of the molecule is C[C@@H](CNC(=O)N[C@@H]1CCOc2ccccc21)N1CCOCC1. The number of ether oxygens (including phenoxy) is 2. The van der Waals surface area contributed by atoms with Gasteiger partial charge >= 0.3 is 6.03 Å². The largest absolute Gasteiger partial charge is 0.493 e. The van der Waals surface area contributed by atoms with Crippen LogP contribution in [0.5, 0.6) is 5.75 Å². The Hall–Kier alpha value is -1.79. The molecule has 2 N–H and O–H groups in total. The zero-order valence-corrected chi connectivity index (χ0v) is 13.6. The molecule has 2 aliphatic rings. The molecule has 6 heteroatoms. The topological polar surface area (TPSA) is 62.8 Å². The Morgan fingerprint density at radius 2 is 2.09 bits per heavy atom. The summed E-state index contributed by atoms with van der Waals surface area (Å²) in [6.45, 7) is 6.80. The average molecular weight is 319 g/mol. The van der Waals surface area contributed by atoms with E-state index in [1.807, 2.05) is 24.3 Å². The molecule has 0 bridgehead atoms. The minimum Gasteiger partial charge on any atom is -0.493 e. The van der Waals surface area contributed by atoms with E-state index in [9.17, 15) is 4.79 Å². The third-order valence-electron chi connectivity index (χ3n) is 4.49. The number of benzene rings is 1. The number of carbonyl (C=O) groups is 1. The van der Waals surface area contributed by atoms with E-state index < -0.39 is 0 Å². The maximum Gasteiger partial charge on any atom is 0.315 e. The number of rotatable bonds is 4. The van der Waals surface area contributed by atoms with Gasteiger partial charge in [0.25, 0.3) is 0 Å². The maximum atomic E-state index is 12.2. The second kappa shape index (κ2) is 7.66. The fraction of sp³-hybridized carbons (Fsp3) is 0.588. The molecule has 0 aliphatic carbocycles. The molecule has 0 aromatic heterocycles. The number of nitrogens with zero attached hydrogens (tertiary/aromatic N) is 1. The summed E-state index contributed by atoms with van der Waals surface area (Å²) in [5, 5.41) is 6.04. The van der Waals surface area contributed by atoms with Crippen molar-refractivity contribution in [2.24, 2.45) is 0 Å². The number of hydrogen-bond donors (Lipinski definition) is 2. The molecule has 2 atom stereocenters. The Balaban J connectivity index is 1.48. The first-order valence-electron chi connectivity index (χ1n) is 8.32. The fourth-order valence-electron chi connectivity index (χ4n) is 3.09. The van der Waals surface area contributed by atoms with Crippen molar-refractivity contribution in [1.29, 1.82) is 0 Å². The van der Waals surface area contributed by atoms with Crippen LogP contribution in [-0.2, 0) is 4.74 Å². The molecule has 2 amide bonds. The molecule has 0 spiro atoms. The van der Waals surface area contributed by atoms with E-state index in [1.165, 1.54) is 0 Å². The molecule has 0 radical (unpaired) electrons. The zero-order valence-electron chi connectivity index (χ0n) is 13.6. The lowest BCUT2D eigenvalue weighted by molar-refractivity contribution is 0.0209. The minimum atomic E-state index is -0.119. The van der Waals surface area contributed by atoms with Crippen LogP contribution in [0, 0.1) is 0 Å². The summed E-state index contributed by atoms with van der Waals surface area (Å²) in [5.74, 6) is 0.866. The number of fused-ring (bicyclic) bond motifs is 1. The van der Waals surface area contributed by atoms with Gasteiger partial charge in [-0.3, -0.25) is 4.90 Å². The van der Waals surface area contributed by atoms with Gasteiger partial charge in [0, 0.05) is 37.7 Å². The van der Waals surface area contributed by atoms with E-state index in [-0.39, 0.29) is 12.1 Å². The molecular formula is C17H25N3O3. The Labute approximate surface area is 137 Å². The molecule has 1 aromatic carbocycles. The lowest BCUT2D eigenvalue weighted by Crippen LogP contribution is -2.49. The van der Waals surface area contributed by atoms with Crippen molar-refractivity contribution in [2.75, 3.05) is 39.5 Å². The molecular weight excluding hydrogens is 294 g/mol. The van der Waals surface area contributed by atoms with Gasteiger partial charge in [0.2, 0.25) is 0 Å². The van der Waals surface area contributed by atoms with Gasteiger partial charge in [0.15, 0.2) is 0 Å². The number of nitrogens with one attached hydrogen (secondary N) is 2. The highest BCUT2D eigenvalue weighted by molar-refractivity contribution is 5.74. The number of morpholine rings is 1. The van der Waals surface area contributed by atoms with Crippen LogP contribution >= 0.6 is 0 Å². The van der Waals surface area contributed by atoms with Crippen LogP contribution in [-0.4, -0.2) is 56.4 Å². The molecule has 0 saturated carbocycles. The smallest absolute Gasteiger partial charge is 0.315 e. The van der Waals surface area contributed by atoms with Gasteiger partial charge in [-0.15, -0.1) is 0 Å². The molecule has 2 heterocycles. The molecule has 2 aliphatic heterocycles. The van der Waals surface area contributed by atoms with E-state index >= 15 is 0 Å². The summed E-state index contributed by atoms with van der Waals surface area (Å²) >= 11 is 0. The summed E-state index contributed by atoms with van der Waals surface area (Å²) in [4.78, 5) is 14.5. The van der Waals surface area contributed by atoms with Gasteiger partial charge in [-0.05, 0) is 13.0 Å². The normalized spacial score (nSPS) is 22.6. The van der Waals surface area contributed by atoms with Crippen molar-refractivity contribution in [1.82, 2.24) is 15.5 Å². The highest BCUT2D eigenvalue weighted by Crippen LogP contribution is 2.31. The third-order valence-corrected chi connectivity index (χ3v) is 4.49. The van der Waals surface area contributed by atoms with Crippen molar-refractivity contribution in [3.63, 3.8) is 0 Å². The van der Waals surface area contributed by atoms with E-state index in [2.05, 4.69) is 22.5 Å². The predicted octanol–water partition coefficient (Wildman–Crippen LogP) is 1.53. The molecule has 1 fully saturated rings. The Morgan fingerprint density at radius 3 is 2.91 bits per heavy atom. The molecule has 3 rings (SSSR count). The van der Waals surface area contributed by atoms with Crippen LogP contribution in [0.4, 0.5) is 4.79 Å². The van der Waals surface area contributed by atoms with Gasteiger partial charge in [0.05, 0.1) is 25.9 Å². The van der Waals surface area contributed by atoms with Crippen LogP contribution in [0.3, 0.4) is 0 Å². The second-order valence-electron chi connectivity index (χ2n) is 6.08. The maximum absolute atomic E-state index is 12.2. The van der Waals surface area contributed by atoms with Crippen molar-refractivity contribution < 1.29 is 14.3 Å². The van der Waals surface area contributed by atoms with Gasteiger partial charge in [-0.1, -0.05) is 18.2 Å². The number of carbonyl (C=O) groups excluding carboxylic acids is 1. The highest BCUT2D eigenvalue weighted by atomic mass is 16.5. The lowest BCUT2D eigenvalue weighted by atomic mass is 10.0. The van der Waals surface area contributed by atoms with Crippen LogP contribution < -0.4 is 15.4 Å². The first-order valence-corrected chi connectivity index (χ1v) is 8.32. The summed E-state index contributed by atoms with van der Waals surface area (Å²) in [5.41, 5.74) is 1.05. The minimum absolute atomic E-state index is 0.0126. The molecule has 0 unspecified atom stereocenters. The molecule has 1 aromatic rings. The Morgan fingerprint density at radius 1 is 1.30 bits per heavy atom. The Kier molecular flexibility index (Phi) is 5.35. The number of amides is 2. The summed E-state index contributed by atoms with van der Waals surface area (Å²) in [6, 6.07) is 8.08. The quantitative estimate of drug-likeness (QED) is 0.883. The Bertz CT molecular complexity index is 532. The van der Waals surface area contributed by atoms with Gasteiger partial charge in [-0.25, -0.2) is 4.79 Å². The number of urea groups is 1.